The second kappa shape index (κ2) is 11.6. The molecule has 0 heterocycles. The molecular formula is C24H30Cl2FN3O4S. The Morgan fingerprint density at radius 3 is 2.17 bits per heavy atom. The third kappa shape index (κ3) is 8.37. The molecule has 0 saturated carbocycles. The molecule has 0 radical (unpaired) electrons. The Hall–Kier alpha value is -2.36. The summed E-state index contributed by atoms with van der Waals surface area (Å²) >= 11 is 11.8. The van der Waals surface area contributed by atoms with Gasteiger partial charge in [-0.2, -0.15) is 0 Å². The van der Waals surface area contributed by atoms with E-state index in [1.165, 1.54) is 11.0 Å². The van der Waals surface area contributed by atoms with Gasteiger partial charge < -0.3 is 10.2 Å². The van der Waals surface area contributed by atoms with Gasteiger partial charge in [0.25, 0.3) is 0 Å². The molecule has 0 fully saturated rings. The average Bonchev–Trinajstić information content (AvgIpc) is 2.73. The Morgan fingerprint density at radius 2 is 1.69 bits per heavy atom. The van der Waals surface area contributed by atoms with Crippen molar-refractivity contribution in [2.24, 2.45) is 0 Å². The molecule has 0 aliphatic rings. The topological polar surface area (TPSA) is 86.8 Å². The molecule has 0 aromatic heterocycles. The maximum atomic E-state index is 13.7. The number of amides is 2. The third-order valence-corrected chi connectivity index (χ3v) is 6.70. The molecule has 0 unspecified atom stereocenters. The Balaban J connectivity index is 2.47. The molecule has 0 spiro atoms. The van der Waals surface area contributed by atoms with Crippen molar-refractivity contribution in [1.29, 1.82) is 0 Å². The van der Waals surface area contributed by atoms with Crippen LogP contribution in [-0.4, -0.2) is 49.5 Å². The van der Waals surface area contributed by atoms with Crippen LogP contribution in [0.25, 0.3) is 0 Å². The zero-order chi connectivity index (χ0) is 26.6. The predicted octanol–water partition coefficient (Wildman–Crippen LogP) is 4.62. The number of nitrogens with one attached hydrogen (secondary N) is 1. The molecule has 2 aromatic rings. The van der Waals surface area contributed by atoms with Crippen LogP contribution in [0.4, 0.5) is 10.1 Å². The molecule has 0 aliphatic carbocycles. The lowest BCUT2D eigenvalue weighted by Gasteiger charge is -2.34. The van der Waals surface area contributed by atoms with E-state index in [2.05, 4.69) is 5.32 Å². The molecule has 1 atom stereocenters. The van der Waals surface area contributed by atoms with Crippen LogP contribution in [0, 0.1) is 5.82 Å². The van der Waals surface area contributed by atoms with E-state index in [-0.39, 0.29) is 23.2 Å². The fourth-order valence-electron chi connectivity index (χ4n) is 3.41. The summed E-state index contributed by atoms with van der Waals surface area (Å²) in [7, 11) is -3.95. The first kappa shape index (κ1) is 28.9. The molecule has 35 heavy (non-hydrogen) atoms. The van der Waals surface area contributed by atoms with Gasteiger partial charge in [-0.05, 0) is 63.1 Å². The number of hydrogen-bond donors (Lipinski definition) is 1. The SMILES string of the molecule is CC[C@H](C(=O)NC(C)(C)C)N(Cc1ccc(Cl)cc1)C(=O)CN(c1ccc(F)c(Cl)c1)S(C)(=O)=O. The van der Waals surface area contributed by atoms with Crippen molar-refractivity contribution >= 4 is 50.7 Å². The van der Waals surface area contributed by atoms with Gasteiger partial charge in [0.1, 0.15) is 18.4 Å². The molecule has 0 saturated heterocycles. The third-order valence-electron chi connectivity index (χ3n) is 5.02. The first-order valence-electron chi connectivity index (χ1n) is 10.9. The molecular weight excluding hydrogens is 516 g/mol. The molecule has 1 N–H and O–H groups in total. The number of nitrogens with zero attached hydrogens (tertiary/aromatic N) is 2. The van der Waals surface area contributed by atoms with Crippen LogP contribution in [0.15, 0.2) is 42.5 Å². The fraction of sp³-hybridized carbons (Fsp3) is 0.417. The molecule has 7 nitrogen and oxygen atoms in total. The summed E-state index contributed by atoms with van der Waals surface area (Å²) in [5, 5.41) is 3.12. The molecule has 2 aromatic carbocycles. The van der Waals surface area contributed by atoms with E-state index < -0.39 is 39.9 Å². The van der Waals surface area contributed by atoms with Crippen molar-refractivity contribution in [3.05, 3.63) is 63.9 Å². The maximum Gasteiger partial charge on any atom is 0.244 e. The molecule has 11 heteroatoms. The highest BCUT2D eigenvalue weighted by Crippen LogP contribution is 2.25. The van der Waals surface area contributed by atoms with Crippen molar-refractivity contribution < 1.29 is 22.4 Å². The lowest BCUT2D eigenvalue weighted by molar-refractivity contribution is -0.141. The average molecular weight is 546 g/mol. The highest BCUT2D eigenvalue weighted by molar-refractivity contribution is 7.92. The zero-order valence-corrected chi connectivity index (χ0v) is 22.6. The summed E-state index contributed by atoms with van der Waals surface area (Å²) in [6.45, 7) is 6.69. The van der Waals surface area contributed by atoms with E-state index >= 15 is 0 Å². The van der Waals surface area contributed by atoms with Crippen molar-refractivity contribution in [2.75, 3.05) is 17.1 Å². The van der Waals surface area contributed by atoms with Gasteiger partial charge in [-0.1, -0.05) is 42.3 Å². The lowest BCUT2D eigenvalue weighted by Crippen LogP contribution is -2.55. The van der Waals surface area contributed by atoms with Gasteiger partial charge in [-0.3, -0.25) is 13.9 Å². The van der Waals surface area contributed by atoms with Crippen LogP contribution in [0.1, 0.15) is 39.7 Å². The minimum Gasteiger partial charge on any atom is -0.350 e. The Kier molecular flexibility index (Phi) is 9.56. The second-order valence-electron chi connectivity index (χ2n) is 9.18. The largest absolute Gasteiger partial charge is 0.350 e. The van der Waals surface area contributed by atoms with E-state index in [0.717, 1.165) is 22.7 Å². The predicted molar refractivity (Wildman–Crippen MR) is 138 cm³/mol. The van der Waals surface area contributed by atoms with Crippen molar-refractivity contribution in [1.82, 2.24) is 10.2 Å². The zero-order valence-electron chi connectivity index (χ0n) is 20.3. The smallest absolute Gasteiger partial charge is 0.244 e. The van der Waals surface area contributed by atoms with E-state index in [1.54, 1.807) is 31.2 Å². The Bertz CT molecular complexity index is 1170. The normalized spacial score (nSPS) is 12.7. The van der Waals surface area contributed by atoms with Gasteiger partial charge in [0.15, 0.2) is 0 Å². The standard InChI is InChI=1S/C24H30Cl2FN3O4S/c1-6-21(23(32)28-24(2,3)4)29(14-16-7-9-17(25)10-8-16)22(31)15-30(35(5,33)34)18-11-12-20(27)19(26)13-18/h7-13,21H,6,14-15H2,1-5H3,(H,28,32)/t21-/m1/s1. The van der Waals surface area contributed by atoms with E-state index in [0.29, 0.717) is 17.0 Å². The summed E-state index contributed by atoms with van der Waals surface area (Å²) in [5.74, 6) is -1.69. The van der Waals surface area contributed by atoms with Gasteiger partial charge in [0.05, 0.1) is 17.0 Å². The number of carbonyl (C=O) groups is 2. The summed E-state index contributed by atoms with van der Waals surface area (Å²) in [6, 6.07) is 9.31. The van der Waals surface area contributed by atoms with Crippen LogP contribution >= 0.6 is 23.2 Å². The summed E-state index contributed by atoms with van der Waals surface area (Å²) in [5.41, 5.74) is 0.203. The second-order valence-corrected chi connectivity index (χ2v) is 11.9. The Morgan fingerprint density at radius 1 is 1.09 bits per heavy atom. The first-order valence-corrected chi connectivity index (χ1v) is 13.5. The fourth-order valence-corrected chi connectivity index (χ4v) is 4.56. The number of anilines is 1. The van der Waals surface area contributed by atoms with Crippen molar-refractivity contribution in [3.63, 3.8) is 0 Å². The summed E-state index contributed by atoms with van der Waals surface area (Å²) in [6.07, 6.45) is 1.23. The maximum absolute atomic E-state index is 13.7. The minimum atomic E-state index is -3.95. The monoisotopic (exact) mass is 545 g/mol. The van der Waals surface area contributed by atoms with Crippen LogP contribution in [0.5, 0.6) is 0 Å². The van der Waals surface area contributed by atoms with Crippen LogP contribution in [-0.2, 0) is 26.2 Å². The van der Waals surface area contributed by atoms with Gasteiger partial charge in [0, 0.05) is 17.1 Å². The Labute approximate surface area is 216 Å². The van der Waals surface area contributed by atoms with Gasteiger partial charge in [-0.25, -0.2) is 12.8 Å². The summed E-state index contributed by atoms with van der Waals surface area (Å²) in [4.78, 5) is 28.0. The number of carbonyl (C=O) groups excluding carboxylic acids is 2. The first-order chi connectivity index (χ1) is 16.1. The van der Waals surface area contributed by atoms with Crippen molar-refractivity contribution in [3.8, 4) is 0 Å². The lowest BCUT2D eigenvalue weighted by atomic mass is 10.1. The van der Waals surface area contributed by atoms with E-state index in [9.17, 15) is 22.4 Å². The van der Waals surface area contributed by atoms with Gasteiger partial charge in [-0.15, -0.1) is 0 Å². The number of halogens is 3. The quantitative estimate of drug-likeness (QED) is 0.498. The van der Waals surface area contributed by atoms with Gasteiger partial charge >= 0.3 is 0 Å². The van der Waals surface area contributed by atoms with E-state index in [1.807, 2.05) is 20.8 Å². The van der Waals surface area contributed by atoms with Crippen LogP contribution in [0.3, 0.4) is 0 Å². The van der Waals surface area contributed by atoms with Crippen LogP contribution < -0.4 is 9.62 Å². The van der Waals surface area contributed by atoms with Gasteiger partial charge in [0.2, 0.25) is 21.8 Å². The molecule has 192 valence electrons. The minimum absolute atomic E-state index is 0.0332. The number of sulfonamides is 1. The molecule has 0 aliphatic heterocycles. The molecule has 2 amide bonds. The molecule has 0 bridgehead atoms. The highest BCUT2D eigenvalue weighted by Gasteiger charge is 2.33. The highest BCUT2D eigenvalue weighted by atomic mass is 35.5. The van der Waals surface area contributed by atoms with Crippen LogP contribution in [0.2, 0.25) is 10.0 Å². The molecule has 2 rings (SSSR count). The number of hydrogen-bond acceptors (Lipinski definition) is 4. The number of rotatable bonds is 9. The van der Waals surface area contributed by atoms with E-state index in [4.69, 9.17) is 23.2 Å². The summed E-state index contributed by atoms with van der Waals surface area (Å²) < 4.78 is 39.6. The van der Waals surface area contributed by atoms with Crippen molar-refractivity contribution in [2.45, 2.75) is 52.2 Å². The number of benzene rings is 2.